The molecular weight excluding hydrogens is 375 g/mol. The highest BCUT2D eigenvalue weighted by atomic mass is 35.5. The topological polar surface area (TPSA) is 62.5 Å². The van der Waals surface area contributed by atoms with E-state index in [-0.39, 0.29) is 36.8 Å². The third kappa shape index (κ3) is 4.09. The lowest BCUT2D eigenvalue weighted by atomic mass is 10.0. The fraction of sp³-hybridized carbons (Fsp3) is 0.571. The minimum absolute atomic E-state index is 0. The van der Waals surface area contributed by atoms with Gasteiger partial charge in [-0.1, -0.05) is 11.3 Å². The summed E-state index contributed by atoms with van der Waals surface area (Å²) in [5.41, 5.74) is 5.81. The van der Waals surface area contributed by atoms with E-state index in [2.05, 4.69) is 4.98 Å². The molecule has 2 aromatic rings. The molecule has 0 aromatic carbocycles. The number of carbonyl (C=O) groups is 1. The van der Waals surface area contributed by atoms with Crippen molar-refractivity contribution in [3.8, 4) is 0 Å². The molecule has 1 fully saturated rings. The number of fused-ring (bicyclic) bond motifs is 1. The number of likely N-dealkylation sites (tertiary alicyclic amines) is 1. The van der Waals surface area contributed by atoms with Gasteiger partial charge in [0, 0.05) is 33.2 Å². The Balaban J connectivity index is 0.00000132. The SMILES string of the molecule is CN(C)c1nc2sc(C(=O)N3CCCCC3CN)cc2s1.Cl.Cl. The Labute approximate surface area is 156 Å². The predicted molar refractivity (Wildman–Crippen MR) is 104 cm³/mol. The minimum Gasteiger partial charge on any atom is -0.354 e. The second kappa shape index (κ2) is 8.48. The fourth-order valence-electron chi connectivity index (χ4n) is 2.67. The number of thiophene rings is 1. The Hall–Kier alpha value is -0.600. The number of hydrogen-bond donors (Lipinski definition) is 1. The van der Waals surface area contributed by atoms with Crippen LogP contribution >= 0.6 is 47.5 Å². The van der Waals surface area contributed by atoms with Crippen LogP contribution in [0.5, 0.6) is 0 Å². The number of nitrogens with two attached hydrogens (primary N) is 1. The average Bonchev–Trinajstić information content (AvgIpc) is 3.05. The average molecular weight is 397 g/mol. The second-order valence-corrected chi connectivity index (χ2v) is 7.59. The lowest BCUT2D eigenvalue weighted by Gasteiger charge is -2.34. The molecule has 0 spiro atoms. The molecule has 2 aromatic heterocycles. The molecule has 9 heteroatoms. The van der Waals surface area contributed by atoms with Gasteiger partial charge in [0.1, 0.15) is 4.83 Å². The van der Waals surface area contributed by atoms with Crippen molar-refractivity contribution in [2.75, 3.05) is 32.1 Å². The van der Waals surface area contributed by atoms with Crippen LogP contribution in [0.1, 0.15) is 28.9 Å². The summed E-state index contributed by atoms with van der Waals surface area (Å²) in [6, 6.07) is 2.17. The summed E-state index contributed by atoms with van der Waals surface area (Å²) in [5.74, 6) is 0.117. The predicted octanol–water partition coefficient (Wildman–Crippen LogP) is 3.22. The van der Waals surface area contributed by atoms with Crippen LogP contribution in [0.3, 0.4) is 0 Å². The summed E-state index contributed by atoms with van der Waals surface area (Å²) in [6.45, 7) is 1.37. The number of hydrogen-bond acceptors (Lipinski definition) is 6. The summed E-state index contributed by atoms with van der Waals surface area (Å²) >= 11 is 3.12. The summed E-state index contributed by atoms with van der Waals surface area (Å²) in [4.78, 5) is 23.0. The second-order valence-electron chi connectivity index (χ2n) is 5.55. The number of carbonyl (C=O) groups excluding carboxylic acids is 1. The smallest absolute Gasteiger partial charge is 0.264 e. The quantitative estimate of drug-likeness (QED) is 0.864. The van der Waals surface area contributed by atoms with Gasteiger partial charge >= 0.3 is 0 Å². The number of thiazole rings is 1. The number of nitrogens with zero attached hydrogens (tertiary/aromatic N) is 3. The number of anilines is 1. The lowest BCUT2D eigenvalue weighted by molar-refractivity contribution is 0.0628. The third-order valence-corrected chi connectivity index (χ3v) is 6.15. The van der Waals surface area contributed by atoms with E-state index in [9.17, 15) is 4.79 Å². The van der Waals surface area contributed by atoms with E-state index < -0.39 is 0 Å². The monoisotopic (exact) mass is 396 g/mol. The minimum atomic E-state index is 0. The van der Waals surface area contributed by atoms with Gasteiger partial charge in [0.2, 0.25) is 0 Å². The van der Waals surface area contributed by atoms with E-state index in [4.69, 9.17) is 5.73 Å². The van der Waals surface area contributed by atoms with Gasteiger partial charge in [0.15, 0.2) is 5.13 Å². The van der Waals surface area contributed by atoms with Gasteiger partial charge in [0.05, 0.1) is 9.58 Å². The molecule has 0 radical (unpaired) electrons. The Morgan fingerprint density at radius 1 is 1.39 bits per heavy atom. The Morgan fingerprint density at radius 2 is 2.13 bits per heavy atom. The molecule has 1 amide bonds. The van der Waals surface area contributed by atoms with Crippen molar-refractivity contribution in [2.45, 2.75) is 25.3 Å². The van der Waals surface area contributed by atoms with E-state index >= 15 is 0 Å². The maximum Gasteiger partial charge on any atom is 0.264 e. The molecule has 1 unspecified atom stereocenters. The van der Waals surface area contributed by atoms with Crippen LogP contribution in [-0.2, 0) is 0 Å². The van der Waals surface area contributed by atoms with Crippen LogP contribution in [0.25, 0.3) is 9.53 Å². The van der Waals surface area contributed by atoms with Gasteiger partial charge in [-0.2, -0.15) is 0 Å². The van der Waals surface area contributed by atoms with Gasteiger partial charge < -0.3 is 15.5 Å². The molecule has 0 saturated carbocycles. The highest BCUT2D eigenvalue weighted by molar-refractivity contribution is 7.29. The van der Waals surface area contributed by atoms with Crippen molar-refractivity contribution in [1.82, 2.24) is 9.88 Å². The van der Waals surface area contributed by atoms with Gasteiger partial charge in [0.25, 0.3) is 5.91 Å². The van der Waals surface area contributed by atoms with Crippen LogP contribution < -0.4 is 10.6 Å². The van der Waals surface area contributed by atoms with Crippen molar-refractivity contribution in [3.63, 3.8) is 0 Å². The number of amides is 1. The van der Waals surface area contributed by atoms with Crippen LogP contribution in [0, 0.1) is 0 Å². The molecule has 1 atom stereocenters. The van der Waals surface area contributed by atoms with Crippen LogP contribution in [0.2, 0.25) is 0 Å². The summed E-state index contributed by atoms with van der Waals surface area (Å²) < 4.78 is 1.09. The van der Waals surface area contributed by atoms with Crippen molar-refractivity contribution in [3.05, 3.63) is 10.9 Å². The first-order valence-electron chi connectivity index (χ1n) is 7.19. The number of halogens is 2. The van der Waals surface area contributed by atoms with Crippen molar-refractivity contribution in [1.29, 1.82) is 0 Å². The molecule has 0 aliphatic carbocycles. The van der Waals surface area contributed by atoms with E-state index in [1.165, 1.54) is 17.8 Å². The van der Waals surface area contributed by atoms with Crippen molar-refractivity contribution < 1.29 is 4.79 Å². The lowest BCUT2D eigenvalue weighted by Crippen LogP contribution is -2.47. The number of piperidine rings is 1. The zero-order chi connectivity index (χ0) is 15.0. The van der Waals surface area contributed by atoms with E-state index in [0.29, 0.717) is 6.54 Å². The first-order chi connectivity index (χ1) is 10.1. The Kier molecular flexibility index (Phi) is 7.54. The number of rotatable bonds is 3. The largest absolute Gasteiger partial charge is 0.354 e. The van der Waals surface area contributed by atoms with Crippen LogP contribution in [-0.4, -0.2) is 49.0 Å². The molecule has 3 heterocycles. The van der Waals surface area contributed by atoms with Crippen LogP contribution in [0.15, 0.2) is 6.07 Å². The zero-order valence-corrected chi connectivity index (χ0v) is 16.4. The third-order valence-electron chi connectivity index (χ3n) is 3.83. The standard InChI is InChI=1S/C14H20N4OS2.2ClH/c1-17(2)14-16-12-10(21-14)7-11(20-12)13(19)18-6-4-3-5-9(18)8-15;;/h7,9H,3-6,8,15H2,1-2H3;2*1H. The highest BCUT2D eigenvalue weighted by Crippen LogP contribution is 2.35. The summed E-state index contributed by atoms with van der Waals surface area (Å²) in [7, 11) is 3.96. The van der Waals surface area contributed by atoms with Gasteiger partial charge in [-0.25, -0.2) is 4.98 Å². The summed E-state index contributed by atoms with van der Waals surface area (Å²) in [6.07, 6.45) is 3.26. The van der Waals surface area contributed by atoms with E-state index in [1.807, 2.05) is 30.0 Å². The molecular formula is C14H22Cl2N4OS2. The maximum atomic E-state index is 12.7. The molecule has 1 aliphatic heterocycles. The Morgan fingerprint density at radius 3 is 2.74 bits per heavy atom. The molecule has 2 N–H and O–H groups in total. The normalized spacial score (nSPS) is 17.5. The highest BCUT2D eigenvalue weighted by Gasteiger charge is 2.28. The van der Waals surface area contributed by atoms with E-state index in [0.717, 1.165) is 38.9 Å². The molecule has 1 aliphatic rings. The zero-order valence-electron chi connectivity index (χ0n) is 13.2. The molecule has 0 bridgehead atoms. The van der Waals surface area contributed by atoms with Gasteiger partial charge in [-0.05, 0) is 25.3 Å². The first-order valence-corrected chi connectivity index (χ1v) is 8.82. The van der Waals surface area contributed by atoms with Gasteiger partial charge in [-0.3, -0.25) is 4.79 Å². The molecule has 130 valence electrons. The maximum absolute atomic E-state index is 12.7. The molecule has 23 heavy (non-hydrogen) atoms. The van der Waals surface area contributed by atoms with E-state index in [1.54, 1.807) is 11.3 Å². The van der Waals surface area contributed by atoms with Crippen molar-refractivity contribution >= 4 is 68.1 Å². The van der Waals surface area contributed by atoms with Crippen molar-refractivity contribution in [2.24, 2.45) is 5.73 Å². The fourth-order valence-corrected chi connectivity index (χ4v) is 4.76. The first kappa shape index (κ1) is 20.4. The number of aromatic nitrogens is 1. The molecule has 1 saturated heterocycles. The molecule has 3 rings (SSSR count). The van der Waals surface area contributed by atoms with Crippen LogP contribution in [0.4, 0.5) is 5.13 Å². The summed E-state index contributed by atoms with van der Waals surface area (Å²) in [5, 5.41) is 0.980. The molecule has 5 nitrogen and oxygen atoms in total. The van der Waals surface area contributed by atoms with Gasteiger partial charge in [-0.15, -0.1) is 36.2 Å². The Bertz CT molecular complexity index is 627.